The number of hydrogen-bond acceptors (Lipinski definition) is 3. The first kappa shape index (κ1) is 15.6. The van der Waals surface area contributed by atoms with Gasteiger partial charge in [0, 0.05) is 31.8 Å². The van der Waals surface area contributed by atoms with Crippen molar-refractivity contribution in [2.75, 3.05) is 13.1 Å². The lowest BCUT2D eigenvalue weighted by molar-refractivity contribution is -0.142. The smallest absolute Gasteiger partial charge is 0.308 e. The van der Waals surface area contributed by atoms with Gasteiger partial charge in [0.15, 0.2) is 0 Å². The van der Waals surface area contributed by atoms with Gasteiger partial charge in [0.05, 0.1) is 11.6 Å². The molecule has 0 aliphatic carbocycles. The molecule has 1 fully saturated rings. The largest absolute Gasteiger partial charge is 0.481 e. The van der Waals surface area contributed by atoms with Crippen LogP contribution in [0, 0.1) is 18.8 Å². The van der Waals surface area contributed by atoms with E-state index in [2.05, 4.69) is 5.10 Å². The van der Waals surface area contributed by atoms with E-state index >= 15 is 0 Å². The molecular weight excluding hydrogens is 294 g/mol. The summed E-state index contributed by atoms with van der Waals surface area (Å²) in [5, 5.41) is 13.7. The van der Waals surface area contributed by atoms with Gasteiger partial charge in [-0.05, 0) is 18.9 Å². The van der Waals surface area contributed by atoms with Gasteiger partial charge in [-0.2, -0.15) is 5.10 Å². The maximum atomic E-state index is 12.1. The lowest BCUT2D eigenvalue weighted by Crippen LogP contribution is -2.28. The fraction of sp³-hybridized carbons (Fsp3) is 0.500. The van der Waals surface area contributed by atoms with Crippen LogP contribution in [-0.2, 0) is 16.6 Å². The molecule has 1 N–H and O–H groups in total. The zero-order valence-electron chi connectivity index (χ0n) is 12.2. The van der Waals surface area contributed by atoms with Crippen LogP contribution in [0.5, 0.6) is 0 Å². The Morgan fingerprint density at radius 2 is 2.10 bits per heavy atom. The van der Waals surface area contributed by atoms with Gasteiger partial charge in [-0.15, -0.1) is 0 Å². The van der Waals surface area contributed by atoms with E-state index < -0.39 is 11.9 Å². The molecule has 1 aromatic rings. The number of carbonyl (C=O) groups is 2. The molecule has 0 radical (unpaired) electrons. The average molecular weight is 312 g/mol. The topological polar surface area (TPSA) is 75.4 Å². The molecule has 7 heteroatoms. The minimum Gasteiger partial charge on any atom is -0.481 e. The van der Waals surface area contributed by atoms with Gasteiger partial charge in [0.1, 0.15) is 5.15 Å². The molecule has 2 rings (SSSR count). The molecule has 6 nitrogen and oxygen atoms in total. The fourth-order valence-corrected chi connectivity index (χ4v) is 2.80. The molecule has 2 heterocycles. The number of nitrogens with zero attached hydrogens (tertiary/aromatic N) is 3. The summed E-state index contributed by atoms with van der Waals surface area (Å²) >= 11 is 6.09. The molecule has 0 spiro atoms. The van der Waals surface area contributed by atoms with Gasteiger partial charge < -0.3 is 10.0 Å². The second-order valence-corrected chi connectivity index (χ2v) is 5.77. The number of likely N-dealkylation sites (tertiary alicyclic amines) is 1. The maximum Gasteiger partial charge on any atom is 0.308 e. The number of carboxylic acids is 1. The number of amides is 1. The third-order valence-corrected chi connectivity index (χ3v) is 4.28. The third kappa shape index (κ3) is 3.10. The van der Waals surface area contributed by atoms with Gasteiger partial charge >= 0.3 is 5.97 Å². The number of rotatable bonds is 3. The van der Waals surface area contributed by atoms with Crippen LogP contribution in [-0.4, -0.2) is 44.8 Å². The normalized spacial score (nSPS) is 22.2. The molecule has 0 aromatic carbocycles. The number of aryl methyl sites for hydroxylation is 2. The highest BCUT2D eigenvalue weighted by Gasteiger charge is 2.36. The maximum absolute atomic E-state index is 12.1. The van der Waals surface area contributed by atoms with Crippen molar-refractivity contribution in [2.45, 2.75) is 13.8 Å². The van der Waals surface area contributed by atoms with E-state index in [1.807, 2.05) is 13.8 Å². The summed E-state index contributed by atoms with van der Waals surface area (Å²) in [7, 11) is 1.73. The van der Waals surface area contributed by atoms with Gasteiger partial charge in [0.25, 0.3) is 0 Å². The van der Waals surface area contributed by atoms with E-state index in [0.29, 0.717) is 17.3 Å². The van der Waals surface area contributed by atoms with E-state index in [9.17, 15) is 9.59 Å². The predicted octanol–water partition coefficient (Wildman–Crippen LogP) is 1.57. The van der Waals surface area contributed by atoms with E-state index in [-0.39, 0.29) is 18.4 Å². The highest BCUT2D eigenvalue weighted by Crippen LogP contribution is 2.24. The van der Waals surface area contributed by atoms with Gasteiger partial charge in [-0.25, -0.2) is 0 Å². The lowest BCUT2D eigenvalue weighted by atomic mass is 9.99. The molecule has 1 amide bonds. The molecule has 1 aromatic heterocycles. The minimum atomic E-state index is -0.854. The predicted molar refractivity (Wildman–Crippen MR) is 78.9 cm³/mol. The first-order chi connectivity index (χ1) is 9.81. The zero-order valence-corrected chi connectivity index (χ0v) is 13.0. The molecule has 1 aliphatic heterocycles. The van der Waals surface area contributed by atoms with Crippen molar-refractivity contribution >= 4 is 29.6 Å². The monoisotopic (exact) mass is 311 g/mol. The molecule has 1 saturated heterocycles. The molecule has 2 atom stereocenters. The summed E-state index contributed by atoms with van der Waals surface area (Å²) in [4.78, 5) is 24.8. The van der Waals surface area contributed by atoms with E-state index in [0.717, 1.165) is 5.69 Å². The summed E-state index contributed by atoms with van der Waals surface area (Å²) in [5.41, 5.74) is 1.44. The quantitative estimate of drug-likeness (QED) is 0.860. The van der Waals surface area contributed by atoms with E-state index in [1.165, 1.54) is 6.08 Å². The molecule has 114 valence electrons. The summed E-state index contributed by atoms with van der Waals surface area (Å²) in [5.74, 6) is -1.59. The molecule has 2 unspecified atom stereocenters. The number of hydrogen-bond donors (Lipinski definition) is 1. The number of aliphatic carboxylic acids is 1. The summed E-state index contributed by atoms with van der Waals surface area (Å²) < 4.78 is 1.54. The van der Waals surface area contributed by atoms with Crippen LogP contribution >= 0.6 is 11.6 Å². The third-order valence-electron chi connectivity index (χ3n) is 3.83. The van der Waals surface area contributed by atoms with Crippen molar-refractivity contribution in [1.82, 2.24) is 14.7 Å². The van der Waals surface area contributed by atoms with E-state index in [1.54, 1.807) is 22.7 Å². The van der Waals surface area contributed by atoms with Crippen LogP contribution in [0.3, 0.4) is 0 Å². The molecule has 1 aliphatic rings. The lowest BCUT2D eigenvalue weighted by Gasteiger charge is -2.12. The van der Waals surface area contributed by atoms with Gasteiger partial charge in [-0.1, -0.05) is 18.5 Å². The van der Waals surface area contributed by atoms with Crippen molar-refractivity contribution in [1.29, 1.82) is 0 Å². The summed E-state index contributed by atoms with van der Waals surface area (Å²) in [6.07, 6.45) is 3.05. The van der Waals surface area contributed by atoms with Crippen LogP contribution in [0.15, 0.2) is 6.08 Å². The Kier molecular flexibility index (Phi) is 4.37. The van der Waals surface area contributed by atoms with Crippen LogP contribution in [0.4, 0.5) is 0 Å². The molecule has 0 saturated carbocycles. The Balaban J connectivity index is 2.09. The van der Waals surface area contributed by atoms with Crippen molar-refractivity contribution in [3.8, 4) is 0 Å². The minimum absolute atomic E-state index is 0.0384. The Morgan fingerprint density at radius 3 is 2.57 bits per heavy atom. The highest BCUT2D eigenvalue weighted by molar-refractivity contribution is 6.31. The summed E-state index contributed by atoms with van der Waals surface area (Å²) in [6.45, 7) is 4.37. The second kappa shape index (κ2) is 5.89. The van der Waals surface area contributed by atoms with Crippen molar-refractivity contribution in [3.63, 3.8) is 0 Å². The molecule has 0 bridgehead atoms. The fourth-order valence-electron chi connectivity index (χ4n) is 2.56. The molecular formula is C14H18ClN3O3. The Labute approximate surface area is 128 Å². The number of carboxylic acid groups (broad SMARTS) is 1. The Morgan fingerprint density at radius 1 is 1.43 bits per heavy atom. The number of carbonyl (C=O) groups excluding carboxylic acids is 1. The number of halogens is 1. The van der Waals surface area contributed by atoms with Crippen LogP contribution in [0.25, 0.3) is 6.08 Å². The van der Waals surface area contributed by atoms with Crippen molar-refractivity contribution in [3.05, 3.63) is 22.5 Å². The van der Waals surface area contributed by atoms with Crippen LogP contribution in [0.1, 0.15) is 18.2 Å². The highest BCUT2D eigenvalue weighted by atomic mass is 35.5. The molecule has 21 heavy (non-hydrogen) atoms. The Bertz CT molecular complexity index is 609. The number of aromatic nitrogens is 2. The van der Waals surface area contributed by atoms with Crippen LogP contribution in [0.2, 0.25) is 5.15 Å². The SMILES string of the molecule is Cc1nn(C)c(Cl)c1C=CC(=O)N1CC(C)C(C(=O)O)C1. The Hall–Kier alpha value is -1.82. The van der Waals surface area contributed by atoms with E-state index in [4.69, 9.17) is 16.7 Å². The van der Waals surface area contributed by atoms with Crippen LogP contribution < -0.4 is 0 Å². The zero-order chi connectivity index (χ0) is 15.7. The van der Waals surface area contributed by atoms with Crippen molar-refractivity contribution in [2.24, 2.45) is 18.9 Å². The van der Waals surface area contributed by atoms with Gasteiger partial charge in [0.2, 0.25) is 5.91 Å². The van der Waals surface area contributed by atoms with Gasteiger partial charge in [-0.3, -0.25) is 14.3 Å². The first-order valence-electron chi connectivity index (χ1n) is 6.70. The van der Waals surface area contributed by atoms with Crippen molar-refractivity contribution < 1.29 is 14.7 Å². The second-order valence-electron chi connectivity index (χ2n) is 5.41. The first-order valence-corrected chi connectivity index (χ1v) is 7.08. The average Bonchev–Trinajstić information content (AvgIpc) is 2.90. The summed E-state index contributed by atoms with van der Waals surface area (Å²) in [6, 6.07) is 0. The standard InChI is InChI=1S/C14H18ClN3O3/c1-8-6-18(7-11(8)14(20)21)12(19)5-4-10-9(2)16-17(3)13(10)15/h4-5,8,11H,6-7H2,1-3H3,(H,20,21).